The summed E-state index contributed by atoms with van der Waals surface area (Å²) in [6, 6.07) is 25.7. The first-order valence-electron chi connectivity index (χ1n) is 9.42. The standard InChI is InChI=1S/C24H17N3S/c1-2-6-16(7-3-1)24-25-12-10-23(26-24)27-20-9-5-4-8-18(20)19-15-22-17(11-13-28-22)14-21(19)27/h1-9,11-15,24H,10H2. The van der Waals surface area contributed by atoms with E-state index in [9.17, 15) is 0 Å². The highest BCUT2D eigenvalue weighted by Gasteiger charge is 2.19. The molecule has 0 saturated carbocycles. The van der Waals surface area contributed by atoms with Crippen LogP contribution >= 0.6 is 11.3 Å². The molecule has 1 aliphatic rings. The predicted octanol–water partition coefficient (Wildman–Crippen LogP) is 6.43. The molecule has 1 aliphatic heterocycles. The molecule has 0 bridgehead atoms. The molecule has 3 nitrogen and oxygen atoms in total. The fourth-order valence-corrected chi connectivity index (χ4v) is 4.91. The van der Waals surface area contributed by atoms with Crippen LogP contribution in [0.5, 0.6) is 0 Å². The molecule has 3 heterocycles. The summed E-state index contributed by atoms with van der Waals surface area (Å²) in [6.07, 6.45) is 2.56. The molecule has 5 aromatic rings. The van der Waals surface area contributed by atoms with E-state index in [0.717, 1.165) is 17.8 Å². The minimum absolute atomic E-state index is 0.175. The van der Waals surface area contributed by atoms with E-state index in [1.807, 2.05) is 24.4 Å². The predicted molar refractivity (Wildman–Crippen MR) is 120 cm³/mol. The van der Waals surface area contributed by atoms with Gasteiger partial charge in [0.05, 0.1) is 11.0 Å². The topological polar surface area (TPSA) is 29.6 Å². The van der Waals surface area contributed by atoms with E-state index in [1.54, 1.807) is 11.3 Å². The van der Waals surface area contributed by atoms with Crippen LogP contribution in [0.25, 0.3) is 31.9 Å². The van der Waals surface area contributed by atoms with Gasteiger partial charge in [-0.1, -0.05) is 48.5 Å². The average Bonchev–Trinajstić information content (AvgIpc) is 3.34. The van der Waals surface area contributed by atoms with Crippen LogP contribution < -0.4 is 0 Å². The smallest absolute Gasteiger partial charge is 0.166 e. The molecule has 0 saturated heterocycles. The molecule has 0 radical (unpaired) electrons. The molecule has 28 heavy (non-hydrogen) atoms. The summed E-state index contributed by atoms with van der Waals surface area (Å²) >= 11 is 1.79. The number of para-hydroxylation sites is 1. The van der Waals surface area contributed by atoms with Crippen molar-refractivity contribution in [2.45, 2.75) is 12.6 Å². The first-order valence-corrected chi connectivity index (χ1v) is 10.3. The third-order valence-corrected chi connectivity index (χ3v) is 6.27. The number of hydrogen-bond acceptors (Lipinski definition) is 3. The maximum Gasteiger partial charge on any atom is 0.166 e. The Labute approximate surface area is 166 Å². The van der Waals surface area contributed by atoms with Gasteiger partial charge in [-0.05, 0) is 40.6 Å². The number of thiophene rings is 1. The highest BCUT2D eigenvalue weighted by Crippen LogP contribution is 2.35. The zero-order valence-electron chi connectivity index (χ0n) is 15.1. The molecular formula is C24H17N3S. The van der Waals surface area contributed by atoms with Gasteiger partial charge in [0.2, 0.25) is 0 Å². The van der Waals surface area contributed by atoms with E-state index < -0.39 is 0 Å². The Balaban J connectivity index is 1.63. The number of fused-ring (bicyclic) bond motifs is 4. The van der Waals surface area contributed by atoms with Crippen molar-refractivity contribution in [3.05, 3.63) is 83.7 Å². The molecule has 0 fully saturated rings. The molecule has 0 spiro atoms. The van der Waals surface area contributed by atoms with Gasteiger partial charge < -0.3 is 0 Å². The van der Waals surface area contributed by atoms with E-state index in [4.69, 9.17) is 4.99 Å². The molecular weight excluding hydrogens is 362 g/mol. The SMILES string of the molecule is C1=NC(c2ccccc2)N=C(n2c3ccccc3c3cc4sccc4cc32)C1. The zero-order valence-corrected chi connectivity index (χ0v) is 15.9. The summed E-state index contributed by atoms with van der Waals surface area (Å²) in [5.41, 5.74) is 3.54. The van der Waals surface area contributed by atoms with Crippen molar-refractivity contribution < 1.29 is 0 Å². The maximum absolute atomic E-state index is 5.05. The van der Waals surface area contributed by atoms with Crippen LogP contribution in [-0.2, 0) is 0 Å². The highest BCUT2D eigenvalue weighted by atomic mass is 32.1. The average molecular weight is 379 g/mol. The lowest BCUT2D eigenvalue weighted by Gasteiger charge is -2.18. The molecule has 0 aliphatic carbocycles. The number of hydrogen-bond donors (Lipinski definition) is 0. The number of benzene rings is 3. The summed E-state index contributed by atoms with van der Waals surface area (Å²) in [6.45, 7) is 0. The monoisotopic (exact) mass is 379 g/mol. The molecule has 1 atom stereocenters. The number of aromatic nitrogens is 1. The van der Waals surface area contributed by atoms with E-state index >= 15 is 0 Å². The molecule has 134 valence electrons. The van der Waals surface area contributed by atoms with Gasteiger partial charge in [0.15, 0.2) is 6.17 Å². The van der Waals surface area contributed by atoms with Gasteiger partial charge in [-0.25, -0.2) is 4.99 Å². The summed E-state index contributed by atoms with van der Waals surface area (Å²) in [5.74, 6) is 1.05. The largest absolute Gasteiger partial charge is 0.297 e. The van der Waals surface area contributed by atoms with E-state index in [0.29, 0.717) is 0 Å². The third kappa shape index (κ3) is 2.35. The van der Waals surface area contributed by atoms with E-state index in [-0.39, 0.29) is 6.17 Å². The molecule has 0 amide bonds. The normalized spacial score (nSPS) is 16.9. The lowest BCUT2D eigenvalue weighted by molar-refractivity contribution is 0.761. The molecule has 2 aromatic heterocycles. The Morgan fingerprint density at radius 1 is 0.857 bits per heavy atom. The van der Waals surface area contributed by atoms with Gasteiger partial charge in [-0.3, -0.25) is 9.56 Å². The lowest BCUT2D eigenvalue weighted by Crippen LogP contribution is -2.17. The Bertz CT molecular complexity index is 1390. The number of rotatable bonds is 1. The highest BCUT2D eigenvalue weighted by molar-refractivity contribution is 7.17. The van der Waals surface area contributed by atoms with Crippen molar-refractivity contribution >= 4 is 55.3 Å². The van der Waals surface area contributed by atoms with Crippen molar-refractivity contribution in [3.8, 4) is 0 Å². The van der Waals surface area contributed by atoms with Crippen molar-refractivity contribution in [2.75, 3.05) is 0 Å². The Hall–Kier alpha value is -3.24. The molecule has 3 aromatic carbocycles. The Morgan fingerprint density at radius 3 is 2.64 bits per heavy atom. The Kier molecular flexibility index (Phi) is 3.46. The quantitative estimate of drug-likeness (QED) is 0.321. The van der Waals surface area contributed by atoms with Crippen LogP contribution in [0.15, 0.2) is 88.2 Å². The maximum atomic E-state index is 5.05. The zero-order chi connectivity index (χ0) is 18.5. The molecule has 6 rings (SSSR count). The first-order chi connectivity index (χ1) is 13.9. The van der Waals surface area contributed by atoms with Crippen molar-refractivity contribution in [1.29, 1.82) is 0 Å². The lowest BCUT2D eigenvalue weighted by atomic mass is 10.1. The fourth-order valence-electron chi connectivity index (χ4n) is 4.10. The second-order valence-electron chi connectivity index (χ2n) is 7.05. The van der Waals surface area contributed by atoms with Crippen molar-refractivity contribution in [2.24, 2.45) is 9.98 Å². The van der Waals surface area contributed by atoms with Crippen LogP contribution in [0.4, 0.5) is 0 Å². The minimum atomic E-state index is -0.175. The van der Waals surface area contributed by atoms with Gasteiger partial charge in [-0.2, -0.15) is 0 Å². The summed E-state index contributed by atoms with van der Waals surface area (Å²) in [5, 5.41) is 6.00. The van der Waals surface area contributed by atoms with Crippen LogP contribution in [0.3, 0.4) is 0 Å². The number of nitrogens with zero attached hydrogens (tertiary/aromatic N) is 3. The Morgan fingerprint density at radius 2 is 1.71 bits per heavy atom. The van der Waals surface area contributed by atoms with Gasteiger partial charge in [0.1, 0.15) is 5.84 Å². The van der Waals surface area contributed by atoms with Crippen LogP contribution in [0, 0.1) is 0 Å². The van der Waals surface area contributed by atoms with Crippen LogP contribution in [0.1, 0.15) is 18.2 Å². The van der Waals surface area contributed by atoms with E-state index in [1.165, 1.54) is 31.9 Å². The van der Waals surface area contributed by atoms with Gasteiger partial charge >= 0.3 is 0 Å². The van der Waals surface area contributed by atoms with Gasteiger partial charge in [0, 0.05) is 28.1 Å². The molecule has 4 heteroatoms. The molecule has 0 N–H and O–H groups in total. The van der Waals surface area contributed by atoms with Crippen LogP contribution in [-0.4, -0.2) is 16.6 Å². The number of aliphatic imine (C=N–C) groups is 2. The second kappa shape index (κ2) is 6.14. The fraction of sp³-hybridized carbons (Fsp3) is 0.0833. The van der Waals surface area contributed by atoms with Crippen molar-refractivity contribution in [1.82, 2.24) is 4.57 Å². The minimum Gasteiger partial charge on any atom is -0.297 e. The first kappa shape index (κ1) is 15.8. The van der Waals surface area contributed by atoms with Gasteiger partial charge in [-0.15, -0.1) is 11.3 Å². The second-order valence-corrected chi connectivity index (χ2v) is 7.99. The molecule has 1 unspecified atom stereocenters. The van der Waals surface area contributed by atoms with Gasteiger partial charge in [0.25, 0.3) is 0 Å². The summed E-state index contributed by atoms with van der Waals surface area (Å²) in [7, 11) is 0. The summed E-state index contributed by atoms with van der Waals surface area (Å²) in [4.78, 5) is 9.68. The summed E-state index contributed by atoms with van der Waals surface area (Å²) < 4.78 is 3.65. The van der Waals surface area contributed by atoms with Crippen LogP contribution in [0.2, 0.25) is 0 Å². The van der Waals surface area contributed by atoms with Crippen molar-refractivity contribution in [3.63, 3.8) is 0 Å². The van der Waals surface area contributed by atoms with E-state index in [2.05, 4.69) is 69.5 Å². The third-order valence-electron chi connectivity index (χ3n) is 5.39.